The molecule has 74 valence electrons. The number of unbranched alkanes of at least 4 members (excludes halogenated alkanes) is 1. The number of esters is 2. The third-order valence-corrected chi connectivity index (χ3v) is 1.70. The molecule has 4 heteroatoms. The van der Waals surface area contributed by atoms with Crippen LogP contribution in [0.5, 0.6) is 0 Å². The Morgan fingerprint density at radius 1 is 1.31 bits per heavy atom. The van der Waals surface area contributed by atoms with E-state index in [0.717, 1.165) is 25.7 Å². The van der Waals surface area contributed by atoms with Gasteiger partial charge in [0.05, 0.1) is 6.61 Å². The van der Waals surface area contributed by atoms with Crippen LogP contribution in [0.4, 0.5) is 0 Å². The summed E-state index contributed by atoms with van der Waals surface area (Å²) in [4.78, 5) is 21.8. The SMILES string of the molecule is CCCCOC(=O)C(=O)OC1CC1. The summed E-state index contributed by atoms with van der Waals surface area (Å²) < 4.78 is 9.40. The Morgan fingerprint density at radius 3 is 2.54 bits per heavy atom. The van der Waals surface area contributed by atoms with Gasteiger partial charge in [0, 0.05) is 0 Å². The molecule has 0 aromatic heterocycles. The zero-order valence-electron chi connectivity index (χ0n) is 7.75. The second-order valence-electron chi connectivity index (χ2n) is 3.09. The molecule has 0 amide bonds. The highest BCUT2D eigenvalue weighted by Crippen LogP contribution is 2.23. The predicted molar refractivity (Wildman–Crippen MR) is 45.0 cm³/mol. The fourth-order valence-corrected chi connectivity index (χ4v) is 0.754. The van der Waals surface area contributed by atoms with Crippen LogP contribution < -0.4 is 0 Å². The zero-order valence-corrected chi connectivity index (χ0v) is 7.75. The lowest BCUT2D eigenvalue weighted by Crippen LogP contribution is -2.21. The van der Waals surface area contributed by atoms with Gasteiger partial charge in [0.1, 0.15) is 6.10 Å². The topological polar surface area (TPSA) is 52.6 Å². The minimum atomic E-state index is -0.861. The summed E-state index contributed by atoms with van der Waals surface area (Å²) in [7, 11) is 0. The van der Waals surface area contributed by atoms with Crippen LogP contribution in [0.25, 0.3) is 0 Å². The maximum absolute atomic E-state index is 10.9. The Hall–Kier alpha value is -1.06. The van der Waals surface area contributed by atoms with Crippen LogP contribution in [0.1, 0.15) is 32.6 Å². The van der Waals surface area contributed by atoms with Gasteiger partial charge >= 0.3 is 11.9 Å². The third kappa shape index (κ3) is 3.92. The lowest BCUT2D eigenvalue weighted by atomic mass is 10.4. The van der Waals surface area contributed by atoms with Gasteiger partial charge in [-0.25, -0.2) is 9.59 Å². The van der Waals surface area contributed by atoms with Gasteiger partial charge in [-0.2, -0.15) is 0 Å². The van der Waals surface area contributed by atoms with Gasteiger partial charge in [0.15, 0.2) is 0 Å². The van der Waals surface area contributed by atoms with E-state index in [1.54, 1.807) is 0 Å². The first-order valence-electron chi connectivity index (χ1n) is 4.61. The highest BCUT2D eigenvalue weighted by Gasteiger charge is 2.29. The molecule has 0 bridgehead atoms. The average Bonchev–Trinajstić information content (AvgIpc) is 2.88. The summed E-state index contributed by atoms with van der Waals surface area (Å²) >= 11 is 0. The normalized spacial score (nSPS) is 15.2. The molecule has 0 radical (unpaired) electrons. The van der Waals surface area contributed by atoms with Crippen molar-refractivity contribution >= 4 is 11.9 Å². The largest absolute Gasteiger partial charge is 0.457 e. The maximum atomic E-state index is 10.9. The quantitative estimate of drug-likeness (QED) is 0.374. The molecular formula is C9H14O4. The molecular weight excluding hydrogens is 172 g/mol. The minimum absolute atomic E-state index is 0.0359. The van der Waals surface area contributed by atoms with E-state index < -0.39 is 11.9 Å². The maximum Gasteiger partial charge on any atom is 0.417 e. The van der Waals surface area contributed by atoms with Gasteiger partial charge in [-0.3, -0.25) is 0 Å². The number of rotatable bonds is 4. The van der Waals surface area contributed by atoms with Crippen molar-refractivity contribution in [2.45, 2.75) is 38.7 Å². The van der Waals surface area contributed by atoms with Crippen molar-refractivity contribution in [3.05, 3.63) is 0 Å². The standard InChI is InChI=1S/C9H14O4/c1-2-3-6-12-8(10)9(11)13-7-4-5-7/h7H,2-6H2,1H3. The van der Waals surface area contributed by atoms with Crippen LogP contribution in [0.15, 0.2) is 0 Å². The molecule has 13 heavy (non-hydrogen) atoms. The second-order valence-corrected chi connectivity index (χ2v) is 3.09. The molecule has 0 atom stereocenters. The fraction of sp³-hybridized carbons (Fsp3) is 0.778. The number of hydrogen-bond donors (Lipinski definition) is 0. The summed E-state index contributed by atoms with van der Waals surface area (Å²) in [5.74, 6) is -1.71. The molecule has 4 nitrogen and oxygen atoms in total. The molecule has 1 fully saturated rings. The van der Waals surface area contributed by atoms with E-state index in [9.17, 15) is 9.59 Å². The lowest BCUT2D eigenvalue weighted by molar-refractivity contribution is -0.168. The van der Waals surface area contributed by atoms with Crippen molar-refractivity contribution in [2.24, 2.45) is 0 Å². The minimum Gasteiger partial charge on any atom is -0.457 e. The third-order valence-electron chi connectivity index (χ3n) is 1.70. The van der Waals surface area contributed by atoms with Gasteiger partial charge in [-0.15, -0.1) is 0 Å². The predicted octanol–water partition coefficient (Wildman–Crippen LogP) is 1.04. The number of ether oxygens (including phenoxy) is 2. The van der Waals surface area contributed by atoms with Gasteiger partial charge in [-0.05, 0) is 19.3 Å². The van der Waals surface area contributed by atoms with Crippen molar-refractivity contribution in [1.82, 2.24) is 0 Å². The summed E-state index contributed by atoms with van der Waals surface area (Å²) in [5, 5.41) is 0. The van der Waals surface area contributed by atoms with Gasteiger partial charge in [-0.1, -0.05) is 13.3 Å². The average molecular weight is 186 g/mol. The van der Waals surface area contributed by atoms with E-state index in [1.807, 2.05) is 6.92 Å². The molecule has 0 aromatic carbocycles. The number of carbonyl (C=O) groups is 2. The second kappa shape index (κ2) is 4.84. The van der Waals surface area contributed by atoms with E-state index in [-0.39, 0.29) is 6.10 Å². The smallest absolute Gasteiger partial charge is 0.417 e. The van der Waals surface area contributed by atoms with Crippen LogP contribution in [-0.2, 0) is 19.1 Å². The van der Waals surface area contributed by atoms with E-state index in [2.05, 4.69) is 4.74 Å². The Balaban J connectivity index is 2.09. The first-order valence-corrected chi connectivity index (χ1v) is 4.61. The summed E-state index contributed by atoms with van der Waals surface area (Å²) in [6, 6.07) is 0. The highest BCUT2D eigenvalue weighted by molar-refractivity contribution is 6.29. The molecule has 1 aliphatic rings. The first kappa shape index (κ1) is 10.0. The van der Waals surface area contributed by atoms with Crippen LogP contribution in [0.3, 0.4) is 0 Å². The van der Waals surface area contributed by atoms with Crippen molar-refractivity contribution in [2.75, 3.05) is 6.61 Å². The molecule has 1 saturated carbocycles. The van der Waals surface area contributed by atoms with Gasteiger partial charge in [0.2, 0.25) is 0 Å². The molecule has 0 N–H and O–H groups in total. The molecule has 0 spiro atoms. The van der Waals surface area contributed by atoms with E-state index >= 15 is 0 Å². The molecule has 1 aliphatic carbocycles. The summed E-state index contributed by atoms with van der Waals surface area (Å²) in [6.45, 7) is 2.28. The van der Waals surface area contributed by atoms with Crippen molar-refractivity contribution in [3.8, 4) is 0 Å². The molecule has 0 aliphatic heterocycles. The molecule has 0 unspecified atom stereocenters. The molecule has 0 heterocycles. The molecule has 0 aromatic rings. The van der Waals surface area contributed by atoms with E-state index in [1.165, 1.54) is 0 Å². The Labute approximate surface area is 77.2 Å². The van der Waals surface area contributed by atoms with Crippen molar-refractivity contribution < 1.29 is 19.1 Å². The van der Waals surface area contributed by atoms with Crippen LogP contribution in [0.2, 0.25) is 0 Å². The fourth-order valence-electron chi connectivity index (χ4n) is 0.754. The Bertz CT molecular complexity index is 196. The van der Waals surface area contributed by atoms with Crippen LogP contribution in [-0.4, -0.2) is 24.6 Å². The highest BCUT2D eigenvalue weighted by atomic mass is 16.6. The molecule has 1 rings (SSSR count). The summed E-state index contributed by atoms with van der Waals surface area (Å²) in [6.07, 6.45) is 3.42. The van der Waals surface area contributed by atoms with Gasteiger partial charge in [0.25, 0.3) is 0 Å². The van der Waals surface area contributed by atoms with Crippen molar-refractivity contribution in [1.29, 1.82) is 0 Å². The summed E-state index contributed by atoms with van der Waals surface area (Å²) in [5.41, 5.74) is 0. The first-order chi connectivity index (χ1) is 6.24. The van der Waals surface area contributed by atoms with Crippen LogP contribution >= 0.6 is 0 Å². The van der Waals surface area contributed by atoms with E-state index in [0.29, 0.717) is 6.61 Å². The van der Waals surface area contributed by atoms with Crippen LogP contribution in [0, 0.1) is 0 Å². The number of carbonyl (C=O) groups excluding carboxylic acids is 2. The Kier molecular flexibility index (Phi) is 3.73. The number of hydrogen-bond acceptors (Lipinski definition) is 4. The lowest BCUT2D eigenvalue weighted by Gasteiger charge is -2.02. The zero-order chi connectivity index (χ0) is 9.68. The molecule has 0 saturated heterocycles. The van der Waals surface area contributed by atoms with Crippen molar-refractivity contribution in [3.63, 3.8) is 0 Å². The van der Waals surface area contributed by atoms with Gasteiger partial charge < -0.3 is 9.47 Å². The Morgan fingerprint density at radius 2 is 2.00 bits per heavy atom. The van der Waals surface area contributed by atoms with E-state index in [4.69, 9.17) is 4.74 Å². The monoisotopic (exact) mass is 186 g/mol.